The Bertz CT molecular complexity index is 1400. The lowest BCUT2D eigenvalue weighted by molar-refractivity contribution is -0.384. The van der Waals surface area contributed by atoms with Crippen LogP contribution in [-0.4, -0.2) is 36.6 Å². The van der Waals surface area contributed by atoms with E-state index in [9.17, 15) is 10.1 Å². The molecule has 8 heteroatoms. The molecule has 0 aromatic heterocycles. The van der Waals surface area contributed by atoms with Crippen LogP contribution in [-0.2, 0) is 11.4 Å². The first-order chi connectivity index (χ1) is 18.5. The zero-order chi connectivity index (χ0) is 26.6. The molecule has 8 nitrogen and oxygen atoms in total. The molecule has 1 aliphatic carbocycles. The lowest BCUT2D eigenvalue weighted by Gasteiger charge is -2.35. The van der Waals surface area contributed by atoms with Gasteiger partial charge in [0.25, 0.3) is 5.69 Å². The summed E-state index contributed by atoms with van der Waals surface area (Å²) in [5.74, 6) is 1.84. The largest absolute Gasteiger partial charge is 0.493 e. The number of hydrogen-bond donors (Lipinski definition) is 0. The predicted octanol–water partition coefficient (Wildman–Crippen LogP) is 6.43. The van der Waals surface area contributed by atoms with Gasteiger partial charge in [-0.05, 0) is 66.8 Å². The molecule has 2 atom stereocenters. The van der Waals surface area contributed by atoms with Crippen molar-refractivity contribution in [2.45, 2.75) is 51.2 Å². The average molecular weight is 514 g/mol. The zero-order valence-corrected chi connectivity index (χ0v) is 21.8. The van der Waals surface area contributed by atoms with Crippen LogP contribution in [0.3, 0.4) is 0 Å². The number of ether oxygens (including phenoxy) is 2. The fourth-order valence-electron chi connectivity index (χ4n) is 5.36. The van der Waals surface area contributed by atoms with E-state index < -0.39 is 4.92 Å². The predicted molar refractivity (Wildman–Crippen MR) is 147 cm³/mol. The Morgan fingerprint density at radius 3 is 2.50 bits per heavy atom. The van der Waals surface area contributed by atoms with Gasteiger partial charge in [-0.15, -0.1) is 0 Å². The Labute approximate surface area is 222 Å². The molecular formula is C30H31N3O5. The number of rotatable bonds is 8. The molecule has 0 N–H and O–H groups in total. The van der Waals surface area contributed by atoms with Crippen molar-refractivity contribution in [2.75, 3.05) is 14.2 Å². The molecule has 3 aromatic rings. The van der Waals surface area contributed by atoms with Gasteiger partial charge < -0.3 is 14.3 Å². The Balaban J connectivity index is 1.42. The number of nitrogens with zero attached hydrogens (tertiary/aromatic N) is 3. The number of methoxy groups -OCH3 is 2. The highest BCUT2D eigenvalue weighted by molar-refractivity contribution is 6.16. The summed E-state index contributed by atoms with van der Waals surface area (Å²) >= 11 is 0. The van der Waals surface area contributed by atoms with Crippen molar-refractivity contribution in [1.29, 1.82) is 0 Å². The van der Waals surface area contributed by atoms with Gasteiger partial charge in [-0.25, -0.2) is 0 Å². The monoisotopic (exact) mass is 513 g/mol. The van der Waals surface area contributed by atoms with Crippen molar-refractivity contribution in [3.05, 3.63) is 98.6 Å². The van der Waals surface area contributed by atoms with Crippen LogP contribution in [0.5, 0.6) is 11.5 Å². The molecule has 1 fully saturated rings. The van der Waals surface area contributed by atoms with E-state index in [1.807, 2.05) is 19.1 Å². The fourth-order valence-corrected chi connectivity index (χ4v) is 5.36. The van der Waals surface area contributed by atoms with Gasteiger partial charge in [-0.3, -0.25) is 15.1 Å². The molecule has 1 saturated carbocycles. The molecule has 2 aliphatic rings. The molecule has 0 saturated heterocycles. The smallest absolute Gasteiger partial charge is 0.269 e. The van der Waals surface area contributed by atoms with Crippen molar-refractivity contribution in [1.82, 2.24) is 0 Å². The first-order valence-electron chi connectivity index (χ1n) is 12.8. The maximum absolute atomic E-state index is 10.8. The van der Waals surface area contributed by atoms with Crippen molar-refractivity contribution >= 4 is 17.1 Å². The minimum Gasteiger partial charge on any atom is -0.493 e. The van der Waals surface area contributed by atoms with Crippen LogP contribution in [0.2, 0.25) is 0 Å². The standard InChI is InChI=1S/C30H31N3O5/c1-19(32-38-18-20-11-13-23(14-12-20)33(34)35)21-7-6-8-22(15-21)30-26-17-29(37-3)28(36-2)16-25(26)24-9-4-5-10-27(24)31-30/h6-8,11-17,24,27H,4-5,9-10,18H2,1-3H3/t24-,27-/m1/s1. The molecule has 196 valence electrons. The third-order valence-corrected chi connectivity index (χ3v) is 7.37. The number of nitro benzene ring substituents is 1. The van der Waals surface area contributed by atoms with E-state index in [1.165, 1.54) is 30.5 Å². The van der Waals surface area contributed by atoms with E-state index in [1.54, 1.807) is 26.4 Å². The quantitative estimate of drug-likeness (QED) is 0.196. The average Bonchev–Trinajstić information content (AvgIpc) is 2.96. The molecular weight excluding hydrogens is 482 g/mol. The summed E-state index contributed by atoms with van der Waals surface area (Å²) in [5.41, 5.74) is 6.87. The van der Waals surface area contributed by atoms with Crippen molar-refractivity contribution in [3.63, 3.8) is 0 Å². The molecule has 0 spiro atoms. The Hall–Kier alpha value is -4.20. The van der Waals surface area contributed by atoms with E-state index in [0.717, 1.165) is 52.3 Å². The van der Waals surface area contributed by atoms with Gasteiger partial charge in [-0.2, -0.15) is 0 Å². The van der Waals surface area contributed by atoms with Gasteiger partial charge in [0, 0.05) is 29.2 Å². The molecule has 1 aliphatic heterocycles. The van der Waals surface area contributed by atoms with E-state index in [2.05, 4.69) is 29.4 Å². The number of benzene rings is 3. The van der Waals surface area contributed by atoms with Crippen molar-refractivity contribution in [2.24, 2.45) is 10.1 Å². The van der Waals surface area contributed by atoms with Crippen molar-refractivity contribution in [3.8, 4) is 11.5 Å². The highest BCUT2D eigenvalue weighted by Crippen LogP contribution is 2.44. The van der Waals surface area contributed by atoms with E-state index in [-0.39, 0.29) is 18.3 Å². The minimum absolute atomic E-state index is 0.0491. The van der Waals surface area contributed by atoms with Gasteiger partial charge >= 0.3 is 0 Å². The second-order valence-corrected chi connectivity index (χ2v) is 9.68. The third kappa shape index (κ3) is 5.11. The number of hydrogen-bond acceptors (Lipinski definition) is 7. The van der Waals surface area contributed by atoms with E-state index in [0.29, 0.717) is 11.7 Å². The summed E-state index contributed by atoms with van der Waals surface area (Å²) in [6.45, 7) is 2.12. The van der Waals surface area contributed by atoms with Gasteiger partial charge in [0.15, 0.2) is 11.5 Å². The molecule has 0 radical (unpaired) electrons. The van der Waals surface area contributed by atoms with Crippen LogP contribution in [0.25, 0.3) is 0 Å². The Kier molecular flexibility index (Phi) is 7.40. The van der Waals surface area contributed by atoms with Crippen LogP contribution in [0.15, 0.2) is 70.8 Å². The van der Waals surface area contributed by atoms with Gasteiger partial charge in [0.05, 0.1) is 36.6 Å². The van der Waals surface area contributed by atoms with Gasteiger partial charge in [0.1, 0.15) is 6.61 Å². The first-order valence-corrected chi connectivity index (χ1v) is 12.8. The Morgan fingerprint density at radius 2 is 1.76 bits per heavy atom. The molecule has 0 unspecified atom stereocenters. The van der Waals surface area contributed by atoms with Crippen molar-refractivity contribution < 1.29 is 19.2 Å². The summed E-state index contributed by atoms with van der Waals surface area (Å²) in [6, 6.07) is 18.9. The maximum Gasteiger partial charge on any atom is 0.269 e. The summed E-state index contributed by atoms with van der Waals surface area (Å²) < 4.78 is 11.3. The summed E-state index contributed by atoms with van der Waals surface area (Å²) in [7, 11) is 3.33. The molecule has 5 rings (SSSR count). The molecule has 3 aromatic carbocycles. The highest BCUT2D eigenvalue weighted by atomic mass is 16.6. The fraction of sp³-hybridized carbons (Fsp3) is 0.333. The second kappa shape index (κ2) is 11.0. The maximum atomic E-state index is 10.8. The molecule has 38 heavy (non-hydrogen) atoms. The molecule has 1 heterocycles. The first kappa shape index (κ1) is 25.4. The normalized spacial score (nSPS) is 18.6. The van der Waals surface area contributed by atoms with Crippen LogP contribution in [0.4, 0.5) is 5.69 Å². The number of non-ortho nitro benzene ring substituents is 1. The zero-order valence-electron chi connectivity index (χ0n) is 21.8. The lowest BCUT2D eigenvalue weighted by atomic mass is 9.75. The highest BCUT2D eigenvalue weighted by Gasteiger charge is 2.34. The minimum atomic E-state index is -0.421. The van der Waals surface area contributed by atoms with E-state index in [4.69, 9.17) is 19.3 Å². The van der Waals surface area contributed by atoms with Crippen LogP contribution in [0.1, 0.15) is 66.3 Å². The number of oxime groups is 1. The SMILES string of the molecule is COc1cc2c(cc1OC)[C@H]1CCCC[C@H]1N=C2c1cccc(C(C)=NOCc2ccc([N+](=O)[O-])cc2)c1. The van der Waals surface area contributed by atoms with Gasteiger partial charge in [0.2, 0.25) is 0 Å². The number of fused-ring (bicyclic) bond motifs is 3. The molecule has 0 bridgehead atoms. The summed E-state index contributed by atoms with van der Waals surface area (Å²) in [5, 5.41) is 15.1. The topological polar surface area (TPSA) is 95.5 Å². The summed E-state index contributed by atoms with van der Waals surface area (Å²) in [6.07, 6.45) is 4.61. The Morgan fingerprint density at radius 1 is 1.03 bits per heavy atom. The third-order valence-electron chi connectivity index (χ3n) is 7.37. The van der Waals surface area contributed by atoms with Gasteiger partial charge in [-0.1, -0.05) is 36.2 Å². The van der Waals surface area contributed by atoms with Crippen LogP contribution in [0, 0.1) is 10.1 Å². The van der Waals surface area contributed by atoms with Crippen LogP contribution < -0.4 is 9.47 Å². The summed E-state index contributed by atoms with van der Waals surface area (Å²) in [4.78, 5) is 21.3. The molecule has 0 amide bonds. The van der Waals surface area contributed by atoms with Crippen LogP contribution >= 0.6 is 0 Å². The lowest BCUT2D eigenvalue weighted by Crippen LogP contribution is -2.29. The number of nitro groups is 1. The number of aliphatic imine (C=N–C) groups is 1. The second-order valence-electron chi connectivity index (χ2n) is 9.68. The van der Waals surface area contributed by atoms with E-state index >= 15 is 0 Å².